The van der Waals surface area contributed by atoms with E-state index in [1.807, 2.05) is 13.8 Å². The number of phenolic OH excluding ortho intramolecular Hbond substituents is 1. The van der Waals surface area contributed by atoms with E-state index in [1.54, 1.807) is 0 Å². The first-order valence-electron chi connectivity index (χ1n) is 9.65. The van der Waals surface area contributed by atoms with E-state index in [0.29, 0.717) is 12.0 Å². The summed E-state index contributed by atoms with van der Waals surface area (Å²) in [6.45, 7) is 3.79. The Morgan fingerprint density at radius 3 is 2.07 bits per heavy atom. The van der Waals surface area contributed by atoms with Crippen molar-refractivity contribution in [2.75, 3.05) is 0 Å². The van der Waals surface area contributed by atoms with Gasteiger partial charge in [-0.2, -0.15) is 0 Å². The van der Waals surface area contributed by atoms with Crippen LogP contribution in [-0.4, -0.2) is 52.0 Å². The monoisotopic (exact) mass is 422 g/mol. The summed E-state index contributed by atoms with van der Waals surface area (Å²) in [6.07, 6.45) is 0.0969. The number of carbonyl (C=O) groups is 4. The van der Waals surface area contributed by atoms with Crippen LogP contribution in [0.3, 0.4) is 0 Å². The predicted octanol–water partition coefficient (Wildman–Crippen LogP) is -0.372. The van der Waals surface area contributed by atoms with Crippen molar-refractivity contribution in [1.82, 2.24) is 10.6 Å². The second kappa shape index (κ2) is 11.8. The van der Waals surface area contributed by atoms with Crippen molar-refractivity contribution in [1.29, 1.82) is 0 Å². The molecule has 0 aliphatic carbocycles. The molecule has 10 heteroatoms. The Kier molecular flexibility index (Phi) is 9.76. The highest BCUT2D eigenvalue weighted by atomic mass is 16.4. The minimum absolute atomic E-state index is 0.0293. The summed E-state index contributed by atoms with van der Waals surface area (Å²) in [4.78, 5) is 47.7. The molecule has 0 aliphatic rings. The predicted molar refractivity (Wildman–Crippen MR) is 109 cm³/mol. The summed E-state index contributed by atoms with van der Waals surface area (Å²) < 4.78 is 0. The number of carboxylic acids is 1. The fourth-order valence-corrected chi connectivity index (χ4v) is 2.79. The van der Waals surface area contributed by atoms with E-state index in [1.165, 1.54) is 24.3 Å². The molecule has 0 radical (unpaired) electrons. The lowest BCUT2D eigenvalue weighted by molar-refractivity contribution is -0.142. The molecule has 0 bridgehead atoms. The maximum absolute atomic E-state index is 12.7. The minimum Gasteiger partial charge on any atom is -0.508 e. The molecule has 0 spiro atoms. The van der Waals surface area contributed by atoms with Crippen LogP contribution >= 0.6 is 0 Å². The van der Waals surface area contributed by atoms with Crippen molar-refractivity contribution in [3.63, 3.8) is 0 Å². The number of aliphatic carboxylic acids is 1. The molecule has 8 N–H and O–H groups in total. The number of hydrogen-bond donors (Lipinski definition) is 6. The van der Waals surface area contributed by atoms with Gasteiger partial charge in [0.25, 0.3) is 0 Å². The Labute approximate surface area is 175 Å². The number of hydrogen-bond acceptors (Lipinski definition) is 6. The quantitative estimate of drug-likeness (QED) is 0.265. The van der Waals surface area contributed by atoms with Gasteiger partial charge in [-0.25, -0.2) is 4.79 Å². The zero-order valence-corrected chi connectivity index (χ0v) is 17.1. The van der Waals surface area contributed by atoms with Gasteiger partial charge >= 0.3 is 5.97 Å². The van der Waals surface area contributed by atoms with Gasteiger partial charge in [0.15, 0.2) is 0 Å². The minimum atomic E-state index is -1.28. The molecule has 3 unspecified atom stereocenters. The van der Waals surface area contributed by atoms with Crippen molar-refractivity contribution >= 4 is 23.7 Å². The Hall–Kier alpha value is -3.14. The number of nitrogens with two attached hydrogens (primary N) is 2. The molecule has 0 saturated carbocycles. The maximum atomic E-state index is 12.7. The van der Waals surface area contributed by atoms with Crippen molar-refractivity contribution < 1.29 is 29.4 Å². The lowest BCUT2D eigenvalue weighted by atomic mass is 10.0. The Balaban J connectivity index is 2.88. The molecule has 30 heavy (non-hydrogen) atoms. The van der Waals surface area contributed by atoms with Crippen molar-refractivity contribution in [3.05, 3.63) is 29.8 Å². The molecule has 3 amide bonds. The third kappa shape index (κ3) is 8.91. The number of primary amides is 1. The summed E-state index contributed by atoms with van der Waals surface area (Å²) in [5.74, 6) is -3.07. The van der Waals surface area contributed by atoms with E-state index in [2.05, 4.69) is 10.6 Å². The van der Waals surface area contributed by atoms with Crippen molar-refractivity contribution in [3.8, 4) is 5.75 Å². The van der Waals surface area contributed by atoms with Gasteiger partial charge in [-0.3, -0.25) is 14.4 Å². The van der Waals surface area contributed by atoms with Crippen molar-refractivity contribution in [2.24, 2.45) is 17.4 Å². The molecule has 166 valence electrons. The van der Waals surface area contributed by atoms with Gasteiger partial charge in [-0.05, 0) is 36.5 Å². The molecule has 1 aromatic rings. The Morgan fingerprint density at radius 1 is 1.00 bits per heavy atom. The summed E-state index contributed by atoms with van der Waals surface area (Å²) in [6, 6.07) is 2.60. The van der Waals surface area contributed by atoms with Crippen LogP contribution in [0.5, 0.6) is 5.75 Å². The molecule has 1 aromatic carbocycles. The average Bonchev–Trinajstić information content (AvgIpc) is 2.65. The lowest BCUT2D eigenvalue weighted by Gasteiger charge is -2.23. The number of benzene rings is 1. The van der Waals surface area contributed by atoms with Gasteiger partial charge in [-0.1, -0.05) is 26.0 Å². The highest BCUT2D eigenvalue weighted by molar-refractivity contribution is 5.92. The molecule has 0 heterocycles. The zero-order chi connectivity index (χ0) is 22.8. The Morgan fingerprint density at radius 2 is 1.57 bits per heavy atom. The SMILES string of the molecule is CC(C)CC(N)C(=O)NC(CCC(N)=O)C(=O)NC(Cc1ccc(O)cc1)C(=O)O. The largest absolute Gasteiger partial charge is 0.508 e. The molecule has 0 aromatic heterocycles. The number of rotatable bonds is 12. The van der Waals surface area contributed by atoms with Crippen LogP contribution in [0.2, 0.25) is 0 Å². The Bertz CT molecular complexity index is 750. The van der Waals surface area contributed by atoms with Crippen LogP contribution in [-0.2, 0) is 25.6 Å². The smallest absolute Gasteiger partial charge is 0.326 e. The summed E-state index contributed by atoms with van der Waals surface area (Å²) in [7, 11) is 0. The van der Waals surface area contributed by atoms with Gasteiger partial charge in [0, 0.05) is 12.8 Å². The van der Waals surface area contributed by atoms with Gasteiger partial charge in [0.1, 0.15) is 17.8 Å². The van der Waals surface area contributed by atoms with E-state index in [0.717, 1.165) is 0 Å². The topological polar surface area (TPSA) is 185 Å². The summed E-state index contributed by atoms with van der Waals surface area (Å²) in [5, 5.41) is 23.7. The number of phenols is 1. The third-order valence-electron chi connectivity index (χ3n) is 4.37. The summed E-state index contributed by atoms with van der Waals surface area (Å²) >= 11 is 0. The molecule has 3 atom stereocenters. The lowest BCUT2D eigenvalue weighted by Crippen LogP contribution is -2.55. The van der Waals surface area contributed by atoms with E-state index in [9.17, 15) is 29.4 Å². The number of aromatic hydroxyl groups is 1. The zero-order valence-electron chi connectivity index (χ0n) is 17.1. The maximum Gasteiger partial charge on any atom is 0.326 e. The van der Waals surface area contributed by atoms with Crippen LogP contribution < -0.4 is 22.1 Å². The third-order valence-corrected chi connectivity index (χ3v) is 4.37. The van der Waals surface area contributed by atoms with E-state index < -0.39 is 41.8 Å². The first-order valence-corrected chi connectivity index (χ1v) is 9.65. The molecule has 0 fully saturated rings. The molecule has 1 rings (SSSR count). The van der Waals surface area contributed by atoms with Gasteiger partial charge in [0.2, 0.25) is 17.7 Å². The van der Waals surface area contributed by atoms with Crippen LogP contribution in [0.15, 0.2) is 24.3 Å². The normalized spacial score (nSPS) is 13.9. The number of nitrogens with one attached hydrogen (secondary N) is 2. The van der Waals surface area contributed by atoms with Crippen LogP contribution in [0.4, 0.5) is 0 Å². The second-order valence-corrected chi connectivity index (χ2v) is 7.57. The number of carboxylic acid groups (broad SMARTS) is 1. The standard InChI is InChI=1S/C20H30N4O6/c1-11(2)9-14(21)18(27)23-15(7-8-17(22)26)19(28)24-16(20(29)30)10-12-3-5-13(25)6-4-12/h3-6,11,14-16,25H,7-10,21H2,1-2H3,(H2,22,26)(H,23,27)(H,24,28)(H,29,30). The second-order valence-electron chi connectivity index (χ2n) is 7.57. The van der Waals surface area contributed by atoms with Gasteiger partial charge in [0.05, 0.1) is 6.04 Å². The fourth-order valence-electron chi connectivity index (χ4n) is 2.79. The molecular weight excluding hydrogens is 392 g/mol. The first-order chi connectivity index (χ1) is 14.0. The van der Waals surface area contributed by atoms with Crippen LogP contribution in [0.1, 0.15) is 38.7 Å². The number of carbonyl (C=O) groups excluding carboxylic acids is 3. The molecule has 10 nitrogen and oxygen atoms in total. The fraction of sp³-hybridized carbons (Fsp3) is 0.500. The van der Waals surface area contributed by atoms with E-state index in [4.69, 9.17) is 11.5 Å². The molecule has 0 aliphatic heterocycles. The van der Waals surface area contributed by atoms with Crippen LogP contribution in [0, 0.1) is 5.92 Å². The molecule has 0 saturated heterocycles. The average molecular weight is 422 g/mol. The highest BCUT2D eigenvalue weighted by Gasteiger charge is 2.28. The highest BCUT2D eigenvalue weighted by Crippen LogP contribution is 2.12. The van der Waals surface area contributed by atoms with Gasteiger partial charge < -0.3 is 32.3 Å². The molecular formula is C20H30N4O6. The van der Waals surface area contributed by atoms with E-state index in [-0.39, 0.29) is 30.9 Å². The van der Waals surface area contributed by atoms with E-state index >= 15 is 0 Å². The summed E-state index contributed by atoms with van der Waals surface area (Å²) in [5.41, 5.74) is 11.6. The van der Waals surface area contributed by atoms with Crippen LogP contribution in [0.25, 0.3) is 0 Å². The number of amides is 3. The van der Waals surface area contributed by atoms with Gasteiger partial charge in [-0.15, -0.1) is 0 Å². The van der Waals surface area contributed by atoms with Crippen molar-refractivity contribution in [2.45, 2.75) is 57.7 Å². The first kappa shape index (κ1) is 24.9.